The van der Waals surface area contributed by atoms with E-state index < -0.39 is 17.6 Å². The standard InChI is InChI=1S/C11H7F2NO2S/c1-16-11(15)9-5-17-10(14-9)7-3-2-6(12)4-8(7)13/h2-5H,1H3. The van der Waals surface area contributed by atoms with E-state index in [0.717, 1.165) is 23.5 Å². The van der Waals surface area contributed by atoms with Gasteiger partial charge >= 0.3 is 5.97 Å². The van der Waals surface area contributed by atoms with Crippen LogP contribution in [0.4, 0.5) is 8.78 Å². The lowest BCUT2D eigenvalue weighted by Crippen LogP contribution is -2.01. The fourth-order valence-electron chi connectivity index (χ4n) is 1.26. The number of esters is 1. The minimum Gasteiger partial charge on any atom is -0.464 e. The van der Waals surface area contributed by atoms with E-state index in [1.54, 1.807) is 0 Å². The summed E-state index contributed by atoms with van der Waals surface area (Å²) >= 11 is 1.09. The van der Waals surface area contributed by atoms with Gasteiger partial charge in [0.15, 0.2) is 5.69 Å². The van der Waals surface area contributed by atoms with Crippen LogP contribution >= 0.6 is 11.3 Å². The molecule has 0 atom stereocenters. The summed E-state index contributed by atoms with van der Waals surface area (Å²) in [5.74, 6) is -1.96. The molecule has 0 unspecified atom stereocenters. The molecular formula is C11H7F2NO2S. The van der Waals surface area contributed by atoms with Crippen molar-refractivity contribution in [2.24, 2.45) is 0 Å². The van der Waals surface area contributed by atoms with E-state index in [1.165, 1.54) is 18.6 Å². The molecule has 0 aliphatic rings. The van der Waals surface area contributed by atoms with Gasteiger partial charge in [-0.3, -0.25) is 0 Å². The lowest BCUT2D eigenvalue weighted by molar-refractivity contribution is 0.0595. The van der Waals surface area contributed by atoms with Crippen molar-refractivity contribution < 1.29 is 18.3 Å². The Bertz CT molecular complexity index is 568. The number of carbonyl (C=O) groups excluding carboxylic acids is 1. The van der Waals surface area contributed by atoms with Crippen LogP contribution in [0, 0.1) is 11.6 Å². The molecule has 1 aromatic carbocycles. The molecule has 0 saturated carbocycles. The third-order valence-corrected chi connectivity index (χ3v) is 2.94. The van der Waals surface area contributed by atoms with E-state index in [4.69, 9.17) is 0 Å². The second-order valence-electron chi connectivity index (χ2n) is 3.15. The molecule has 3 nitrogen and oxygen atoms in total. The van der Waals surface area contributed by atoms with Crippen LogP contribution in [0.3, 0.4) is 0 Å². The third-order valence-electron chi connectivity index (χ3n) is 2.06. The fourth-order valence-corrected chi connectivity index (χ4v) is 2.07. The van der Waals surface area contributed by atoms with E-state index in [0.29, 0.717) is 5.01 Å². The van der Waals surface area contributed by atoms with E-state index in [2.05, 4.69) is 9.72 Å². The van der Waals surface area contributed by atoms with Crippen LogP contribution in [0.5, 0.6) is 0 Å². The Balaban J connectivity index is 2.40. The molecule has 0 spiro atoms. The summed E-state index contributed by atoms with van der Waals surface area (Å²) in [6.07, 6.45) is 0. The first kappa shape index (κ1) is 11.7. The molecule has 2 aromatic rings. The van der Waals surface area contributed by atoms with Crippen molar-refractivity contribution in [3.63, 3.8) is 0 Å². The van der Waals surface area contributed by atoms with Crippen molar-refractivity contribution in [1.82, 2.24) is 4.98 Å². The number of benzene rings is 1. The highest BCUT2D eigenvalue weighted by atomic mass is 32.1. The van der Waals surface area contributed by atoms with Gasteiger partial charge in [-0.2, -0.15) is 0 Å². The van der Waals surface area contributed by atoms with Crippen molar-refractivity contribution in [2.75, 3.05) is 7.11 Å². The van der Waals surface area contributed by atoms with E-state index in [1.807, 2.05) is 0 Å². The largest absolute Gasteiger partial charge is 0.464 e. The van der Waals surface area contributed by atoms with Crippen molar-refractivity contribution in [1.29, 1.82) is 0 Å². The van der Waals surface area contributed by atoms with Gasteiger partial charge in [0.25, 0.3) is 0 Å². The van der Waals surface area contributed by atoms with Crippen LogP contribution < -0.4 is 0 Å². The third kappa shape index (κ3) is 2.31. The van der Waals surface area contributed by atoms with Gasteiger partial charge in [0.05, 0.1) is 7.11 Å². The van der Waals surface area contributed by atoms with Crippen LogP contribution in [-0.4, -0.2) is 18.1 Å². The smallest absolute Gasteiger partial charge is 0.357 e. The summed E-state index contributed by atoms with van der Waals surface area (Å²) in [7, 11) is 1.24. The van der Waals surface area contributed by atoms with Crippen LogP contribution in [0.25, 0.3) is 10.6 Å². The van der Waals surface area contributed by atoms with Gasteiger partial charge in [0.2, 0.25) is 0 Å². The molecule has 0 aliphatic heterocycles. The van der Waals surface area contributed by atoms with Crippen LogP contribution in [-0.2, 0) is 4.74 Å². The number of aromatic nitrogens is 1. The first-order valence-electron chi connectivity index (χ1n) is 4.61. The minimum absolute atomic E-state index is 0.108. The Morgan fingerprint density at radius 1 is 1.41 bits per heavy atom. The molecule has 0 amide bonds. The fraction of sp³-hybridized carbons (Fsp3) is 0.0909. The van der Waals surface area contributed by atoms with Crippen LogP contribution in [0.1, 0.15) is 10.5 Å². The lowest BCUT2D eigenvalue weighted by atomic mass is 10.2. The monoisotopic (exact) mass is 255 g/mol. The van der Waals surface area contributed by atoms with E-state index in [9.17, 15) is 13.6 Å². The highest BCUT2D eigenvalue weighted by Gasteiger charge is 2.14. The second kappa shape index (κ2) is 4.58. The average molecular weight is 255 g/mol. The zero-order valence-electron chi connectivity index (χ0n) is 8.74. The number of nitrogens with zero attached hydrogens (tertiary/aromatic N) is 1. The van der Waals surface area contributed by atoms with Gasteiger partial charge in [-0.15, -0.1) is 11.3 Å². The lowest BCUT2D eigenvalue weighted by Gasteiger charge is -1.98. The van der Waals surface area contributed by atoms with E-state index in [-0.39, 0.29) is 11.3 Å². The van der Waals surface area contributed by atoms with Gasteiger partial charge in [0.1, 0.15) is 16.6 Å². The quantitative estimate of drug-likeness (QED) is 0.774. The topological polar surface area (TPSA) is 39.2 Å². The van der Waals surface area contributed by atoms with Gasteiger partial charge in [-0.1, -0.05) is 0 Å². The molecule has 88 valence electrons. The number of hydrogen-bond acceptors (Lipinski definition) is 4. The highest BCUT2D eigenvalue weighted by molar-refractivity contribution is 7.13. The molecule has 0 radical (unpaired) electrons. The Labute approximate surface area is 99.7 Å². The first-order valence-corrected chi connectivity index (χ1v) is 5.49. The van der Waals surface area contributed by atoms with Gasteiger partial charge in [-0.05, 0) is 12.1 Å². The molecule has 1 heterocycles. The Morgan fingerprint density at radius 2 is 2.18 bits per heavy atom. The molecule has 17 heavy (non-hydrogen) atoms. The normalized spacial score (nSPS) is 10.3. The zero-order valence-corrected chi connectivity index (χ0v) is 9.55. The molecule has 1 aromatic heterocycles. The second-order valence-corrected chi connectivity index (χ2v) is 4.01. The Hall–Kier alpha value is -1.82. The summed E-state index contributed by atoms with van der Waals surface area (Å²) in [6, 6.07) is 3.19. The number of halogens is 2. The summed E-state index contributed by atoms with van der Waals surface area (Å²) < 4.78 is 30.6. The number of rotatable bonds is 2. The molecule has 0 fully saturated rings. The summed E-state index contributed by atoms with van der Waals surface area (Å²) in [5.41, 5.74) is 0.266. The molecular weight excluding hydrogens is 248 g/mol. The minimum atomic E-state index is -0.712. The van der Waals surface area contributed by atoms with Gasteiger partial charge < -0.3 is 4.74 Å². The molecule has 0 aliphatic carbocycles. The van der Waals surface area contributed by atoms with Crippen LogP contribution in [0.2, 0.25) is 0 Å². The molecule has 0 saturated heterocycles. The Morgan fingerprint density at radius 3 is 2.82 bits per heavy atom. The molecule has 6 heteroatoms. The van der Waals surface area contributed by atoms with E-state index >= 15 is 0 Å². The maximum Gasteiger partial charge on any atom is 0.357 e. The van der Waals surface area contributed by atoms with Crippen LogP contribution in [0.15, 0.2) is 23.6 Å². The highest BCUT2D eigenvalue weighted by Crippen LogP contribution is 2.26. The summed E-state index contributed by atoms with van der Waals surface area (Å²) in [5, 5.41) is 1.77. The van der Waals surface area contributed by atoms with Crippen molar-refractivity contribution in [2.45, 2.75) is 0 Å². The van der Waals surface area contributed by atoms with Crippen molar-refractivity contribution in [3.8, 4) is 10.6 Å². The number of hydrogen-bond donors (Lipinski definition) is 0. The van der Waals surface area contributed by atoms with Gasteiger partial charge in [-0.25, -0.2) is 18.6 Å². The maximum absolute atomic E-state index is 13.4. The zero-order chi connectivity index (χ0) is 12.4. The molecule has 0 bridgehead atoms. The number of ether oxygens (including phenoxy) is 1. The predicted molar refractivity (Wildman–Crippen MR) is 58.8 cm³/mol. The number of methoxy groups -OCH3 is 1. The number of thiazole rings is 1. The number of carbonyl (C=O) groups is 1. The summed E-state index contributed by atoms with van der Waals surface area (Å²) in [4.78, 5) is 15.1. The maximum atomic E-state index is 13.4. The first-order chi connectivity index (χ1) is 8.11. The van der Waals surface area contributed by atoms with Crippen molar-refractivity contribution in [3.05, 3.63) is 40.9 Å². The van der Waals surface area contributed by atoms with Gasteiger partial charge in [0, 0.05) is 17.0 Å². The van der Waals surface area contributed by atoms with Crippen molar-refractivity contribution >= 4 is 17.3 Å². The molecule has 2 rings (SSSR count). The predicted octanol–water partition coefficient (Wildman–Crippen LogP) is 2.87. The SMILES string of the molecule is COC(=O)c1csc(-c2ccc(F)cc2F)n1. The Kier molecular flexibility index (Phi) is 3.14. The summed E-state index contributed by atoms with van der Waals surface area (Å²) in [6.45, 7) is 0. The average Bonchev–Trinajstić information content (AvgIpc) is 2.77. The molecule has 0 N–H and O–H groups in total.